The molecule has 3 nitrogen and oxygen atoms in total. The summed E-state index contributed by atoms with van der Waals surface area (Å²) in [5.74, 6) is -0.309. The number of hydrogen-bond donors (Lipinski definition) is 0. The summed E-state index contributed by atoms with van der Waals surface area (Å²) in [7, 11) is -3.79. The average molecular weight is 409 g/mol. The van der Waals surface area contributed by atoms with Gasteiger partial charge < -0.3 is 4.74 Å². The molecule has 0 unspecified atom stereocenters. The quantitative estimate of drug-likeness (QED) is 0.706. The molecule has 4 rings (SSSR count). The Labute approximate surface area is 160 Å². The second kappa shape index (κ2) is 6.76. The summed E-state index contributed by atoms with van der Waals surface area (Å²) in [5.41, 5.74) is 2.00. The Morgan fingerprint density at radius 2 is 1.85 bits per heavy atom. The molecule has 0 aromatic heterocycles. The lowest BCUT2D eigenvalue weighted by molar-refractivity contribution is 0.284. The van der Waals surface area contributed by atoms with Crippen molar-refractivity contribution in [2.45, 2.75) is 27.5 Å². The van der Waals surface area contributed by atoms with Gasteiger partial charge in [-0.3, -0.25) is 0 Å². The summed E-state index contributed by atoms with van der Waals surface area (Å²) in [6.07, 6.45) is 5.85. The van der Waals surface area contributed by atoms with Gasteiger partial charge >= 0.3 is 0 Å². The summed E-state index contributed by atoms with van der Waals surface area (Å²) < 4.78 is 44.6. The van der Waals surface area contributed by atoms with Crippen LogP contribution in [0.25, 0.3) is 0 Å². The van der Waals surface area contributed by atoms with Gasteiger partial charge in [0.1, 0.15) is 23.6 Å². The first kappa shape index (κ1) is 17.6. The fourth-order valence-corrected chi connectivity index (χ4v) is 6.02. The van der Waals surface area contributed by atoms with E-state index < -0.39 is 9.84 Å². The molecule has 0 aliphatic carbocycles. The van der Waals surface area contributed by atoms with Crippen LogP contribution in [-0.2, 0) is 27.4 Å². The van der Waals surface area contributed by atoms with Gasteiger partial charge in [0, 0.05) is 9.79 Å². The van der Waals surface area contributed by atoms with E-state index in [1.807, 2.05) is 0 Å². The van der Waals surface area contributed by atoms with E-state index >= 15 is 0 Å². The number of fused-ring (bicyclic) bond motifs is 2. The number of hydrogen-bond acceptors (Lipinski definition) is 4. The van der Waals surface area contributed by atoms with E-state index in [9.17, 15) is 12.8 Å². The molecule has 0 fully saturated rings. The highest BCUT2D eigenvalue weighted by Crippen LogP contribution is 2.41. The predicted molar refractivity (Wildman–Crippen MR) is 99.7 cm³/mol. The zero-order chi connectivity index (χ0) is 18.3. The molecule has 2 heterocycles. The summed E-state index contributed by atoms with van der Waals surface area (Å²) in [6, 6.07) is 7.99. The Kier molecular flexibility index (Phi) is 4.59. The largest absolute Gasteiger partial charge is 0.496 e. The van der Waals surface area contributed by atoms with E-state index in [0.717, 1.165) is 27.3 Å². The number of allylic oxidation sites excluding steroid dienone is 1. The molecule has 7 heteroatoms. The number of ether oxygens (including phenoxy) is 1. The van der Waals surface area contributed by atoms with Crippen molar-refractivity contribution in [3.8, 4) is 0 Å². The molecule has 0 spiro atoms. The number of rotatable bonds is 2. The van der Waals surface area contributed by atoms with Crippen molar-refractivity contribution >= 4 is 33.2 Å². The molecule has 0 radical (unpaired) electrons. The summed E-state index contributed by atoms with van der Waals surface area (Å²) in [6.45, 7) is 0.342. The van der Waals surface area contributed by atoms with Gasteiger partial charge in [0.15, 0.2) is 0 Å². The van der Waals surface area contributed by atoms with Crippen LogP contribution in [0.4, 0.5) is 4.39 Å². The van der Waals surface area contributed by atoms with Crippen LogP contribution in [0.3, 0.4) is 0 Å². The maximum atomic E-state index is 13.6. The van der Waals surface area contributed by atoms with Crippen LogP contribution in [0.5, 0.6) is 0 Å². The topological polar surface area (TPSA) is 43.4 Å². The average Bonchev–Trinajstić information content (AvgIpc) is 2.80. The highest BCUT2D eigenvalue weighted by Gasteiger charge is 2.26. The van der Waals surface area contributed by atoms with Crippen molar-refractivity contribution in [1.82, 2.24) is 0 Å². The molecule has 0 amide bonds. The van der Waals surface area contributed by atoms with Gasteiger partial charge in [-0.25, -0.2) is 12.8 Å². The van der Waals surface area contributed by atoms with E-state index in [2.05, 4.69) is 0 Å². The van der Waals surface area contributed by atoms with Gasteiger partial charge in [0.2, 0.25) is 9.84 Å². The third-order valence-corrected chi connectivity index (χ3v) is 7.70. The lowest BCUT2D eigenvalue weighted by Gasteiger charge is -2.14. The van der Waals surface area contributed by atoms with Gasteiger partial charge in [-0.15, -0.1) is 0 Å². The molecule has 26 heavy (non-hydrogen) atoms. The van der Waals surface area contributed by atoms with Crippen LogP contribution in [0.15, 0.2) is 68.3 Å². The van der Waals surface area contributed by atoms with Crippen LogP contribution in [0, 0.1) is 5.82 Å². The summed E-state index contributed by atoms with van der Waals surface area (Å²) in [4.78, 5) is 1.68. The Bertz CT molecular complexity index is 1060. The zero-order valence-corrected chi connectivity index (χ0v) is 15.9. The van der Waals surface area contributed by atoms with Gasteiger partial charge in [0.05, 0.1) is 9.92 Å². The number of sulfone groups is 1. The molecular weight excluding hydrogens is 395 g/mol. The lowest BCUT2D eigenvalue weighted by Crippen LogP contribution is -2.08. The second-order valence-corrected chi connectivity index (χ2v) is 9.41. The molecule has 0 saturated heterocycles. The minimum Gasteiger partial charge on any atom is -0.496 e. The van der Waals surface area contributed by atoms with Gasteiger partial charge in [-0.05, 0) is 60.4 Å². The van der Waals surface area contributed by atoms with Crippen molar-refractivity contribution in [2.24, 2.45) is 0 Å². The standard InChI is InChI=1S/C19H14ClFO3S2/c20-16-8-13-4-3-12-5-6-14(21)9-17(12)25-18(13)10-19(16)26(22,23)15-2-1-7-24-11-15/h1-2,5-6,8-11H,3-4,7H2. The lowest BCUT2D eigenvalue weighted by atomic mass is 10.0. The maximum Gasteiger partial charge on any atom is 0.211 e. The molecule has 2 aromatic carbocycles. The molecule has 2 aliphatic heterocycles. The molecule has 0 atom stereocenters. The first-order chi connectivity index (χ1) is 12.4. The number of halogens is 2. The number of benzene rings is 2. The van der Waals surface area contributed by atoms with Crippen molar-refractivity contribution in [3.05, 3.63) is 75.6 Å². The predicted octanol–water partition coefficient (Wildman–Crippen LogP) is 4.93. The monoisotopic (exact) mass is 408 g/mol. The summed E-state index contributed by atoms with van der Waals surface area (Å²) in [5, 5.41) is 0.182. The summed E-state index contributed by atoms with van der Waals surface area (Å²) >= 11 is 7.69. The third-order valence-electron chi connectivity index (χ3n) is 4.30. The van der Waals surface area contributed by atoms with Crippen molar-refractivity contribution < 1.29 is 17.5 Å². The molecule has 2 aliphatic rings. The molecule has 0 saturated carbocycles. The van der Waals surface area contributed by atoms with E-state index in [1.165, 1.54) is 36.2 Å². The molecular formula is C19H14ClFO3S2. The van der Waals surface area contributed by atoms with Crippen molar-refractivity contribution in [2.75, 3.05) is 6.61 Å². The van der Waals surface area contributed by atoms with Crippen LogP contribution in [0.1, 0.15) is 11.1 Å². The third kappa shape index (κ3) is 3.17. The van der Waals surface area contributed by atoms with Crippen LogP contribution in [0.2, 0.25) is 5.02 Å². The van der Waals surface area contributed by atoms with Crippen molar-refractivity contribution in [3.63, 3.8) is 0 Å². The molecule has 0 N–H and O–H groups in total. The van der Waals surface area contributed by atoms with Crippen molar-refractivity contribution in [1.29, 1.82) is 0 Å². The highest BCUT2D eigenvalue weighted by molar-refractivity contribution is 7.99. The minimum absolute atomic E-state index is 0.0340. The van der Waals surface area contributed by atoms with Gasteiger partial charge in [-0.2, -0.15) is 0 Å². The smallest absolute Gasteiger partial charge is 0.211 e. The molecule has 0 bridgehead atoms. The first-order valence-corrected chi connectivity index (χ1v) is 10.6. The molecule has 134 valence electrons. The Balaban J connectivity index is 1.81. The Morgan fingerprint density at radius 1 is 1.08 bits per heavy atom. The van der Waals surface area contributed by atoms with E-state index in [4.69, 9.17) is 16.3 Å². The number of aryl methyl sites for hydroxylation is 2. The molecule has 2 aromatic rings. The van der Waals surface area contributed by atoms with E-state index in [1.54, 1.807) is 24.3 Å². The Morgan fingerprint density at radius 3 is 2.62 bits per heavy atom. The normalized spacial score (nSPS) is 16.2. The van der Waals surface area contributed by atoms with Crippen LogP contribution < -0.4 is 0 Å². The second-order valence-electron chi connectivity index (χ2n) is 6.00. The SMILES string of the molecule is O=S(=O)(C1=COCC=C1)c1cc2c(cc1Cl)CCc1ccc(F)cc1S2. The fraction of sp³-hybridized carbons (Fsp3) is 0.158. The van der Waals surface area contributed by atoms with Gasteiger partial charge in [0.25, 0.3) is 0 Å². The fourth-order valence-electron chi connectivity index (χ4n) is 2.96. The van der Waals surface area contributed by atoms with E-state index in [-0.39, 0.29) is 20.6 Å². The minimum atomic E-state index is -3.79. The highest BCUT2D eigenvalue weighted by atomic mass is 35.5. The van der Waals surface area contributed by atoms with Gasteiger partial charge in [-0.1, -0.05) is 29.4 Å². The van der Waals surface area contributed by atoms with E-state index in [0.29, 0.717) is 13.0 Å². The first-order valence-electron chi connectivity index (χ1n) is 7.97. The Hall–Kier alpha value is -1.76. The maximum absolute atomic E-state index is 13.6. The zero-order valence-electron chi connectivity index (χ0n) is 13.5. The van der Waals surface area contributed by atoms with Crippen LogP contribution >= 0.6 is 23.4 Å². The van der Waals surface area contributed by atoms with Crippen LogP contribution in [-0.4, -0.2) is 15.0 Å².